The number of rotatable bonds is 7. The number of ether oxygens (including phenoxy) is 1. The van der Waals surface area contributed by atoms with E-state index in [0.717, 1.165) is 11.4 Å². The molecule has 1 aromatic heterocycles. The van der Waals surface area contributed by atoms with Gasteiger partial charge in [0.1, 0.15) is 0 Å². The Morgan fingerprint density at radius 3 is 2.57 bits per heavy atom. The second-order valence-corrected chi connectivity index (χ2v) is 6.50. The Morgan fingerprint density at radius 1 is 1.13 bits per heavy atom. The summed E-state index contributed by atoms with van der Waals surface area (Å²) in [5.41, 5.74) is 12.3. The average Bonchev–Trinajstić information content (AvgIpc) is 3.03. The highest BCUT2D eigenvalue weighted by atomic mass is 16.5. The Hall–Kier alpha value is -4.10. The van der Waals surface area contributed by atoms with E-state index in [1.54, 1.807) is 35.9 Å². The van der Waals surface area contributed by atoms with Gasteiger partial charge in [-0.1, -0.05) is 47.6 Å². The van der Waals surface area contributed by atoms with Crippen molar-refractivity contribution in [3.05, 3.63) is 82.0 Å². The number of amides is 1. The average molecular weight is 404 g/mol. The first kappa shape index (κ1) is 20.6. The van der Waals surface area contributed by atoms with Crippen LogP contribution in [0.3, 0.4) is 0 Å². The monoisotopic (exact) mass is 404 g/mol. The Balaban J connectivity index is 1.61. The zero-order valence-corrected chi connectivity index (χ0v) is 16.6. The molecule has 9 nitrogen and oxygen atoms in total. The molecule has 9 heteroatoms. The number of nitrogens with one attached hydrogen (secondary N) is 1. The van der Waals surface area contributed by atoms with E-state index in [0.29, 0.717) is 22.6 Å². The standard InChI is InChI=1S/C21H20N6O3/c1-14-21(15(2)27(25-14)17-9-4-3-5-10-17)23-19(28)13-30-20(29)12-16-8-6-7-11-18(16)24-26-22/h3-11H,12-13H2,1-2H3,(H,23,28). The van der Waals surface area contributed by atoms with Crippen LogP contribution in [0.25, 0.3) is 16.1 Å². The summed E-state index contributed by atoms with van der Waals surface area (Å²) in [4.78, 5) is 27.1. The highest BCUT2D eigenvalue weighted by Crippen LogP contribution is 2.23. The van der Waals surface area contributed by atoms with Gasteiger partial charge in [-0.05, 0) is 37.1 Å². The van der Waals surface area contributed by atoms with Gasteiger partial charge in [-0.3, -0.25) is 9.59 Å². The zero-order valence-electron chi connectivity index (χ0n) is 16.6. The molecule has 0 bridgehead atoms. The van der Waals surface area contributed by atoms with Crippen molar-refractivity contribution in [3.8, 4) is 5.69 Å². The van der Waals surface area contributed by atoms with E-state index in [9.17, 15) is 9.59 Å². The van der Waals surface area contributed by atoms with Crippen molar-refractivity contribution in [3.63, 3.8) is 0 Å². The molecule has 1 heterocycles. The summed E-state index contributed by atoms with van der Waals surface area (Å²) < 4.78 is 6.81. The molecular formula is C21H20N6O3. The summed E-state index contributed by atoms with van der Waals surface area (Å²) in [7, 11) is 0. The van der Waals surface area contributed by atoms with Gasteiger partial charge in [-0.2, -0.15) is 5.10 Å². The predicted molar refractivity (Wildman–Crippen MR) is 112 cm³/mol. The van der Waals surface area contributed by atoms with Crippen LogP contribution in [0.1, 0.15) is 17.0 Å². The molecule has 152 valence electrons. The third-order valence-electron chi connectivity index (χ3n) is 4.40. The van der Waals surface area contributed by atoms with Crippen LogP contribution < -0.4 is 5.32 Å². The summed E-state index contributed by atoms with van der Waals surface area (Å²) in [6.45, 7) is 3.21. The maximum absolute atomic E-state index is 12.3. The van der Waals surface area contributed by atoms with Crippen molar-refractivity contribution in [1.29, 1.82) is 0 Å². The van der Waals surface area contributed by atoms with Crippen LogP contribution in [0.2, 0.25) is 0 Å². The fraction of sp³-hybridized carbons (Fsp3) is 0.190. The highest BCUT2D eigenvalue weighted by Gasteiger charge is 2.16. The third kappa shape index (κ3) is 4.84. The molecule has 0 aliphatic rings. The summed E-state index contributed by atoms with van der Waals surface area (Å²) in [5.74, 6) is -1.07. The summed E-state index contributed by atoms with van der Waals surface area (Å²) in [6, 6.07) is 16.3. The van der Waals surface area contributed by atoms with Gasteiger partial charge >= 0.3 is 5.97 Å². The van der Waals surface area contributed by atoms with E-state index in [-0.39, 0.29) is 6.42 Å². The van der Waals surface area contributed by atoms with Crippen LogP contribution in [0, 0.1) is 13.8 Å². The molecule has 0 saturated carbocycles. The molecule has 0 fully saturated rings. The maximum atomic E-state index is 12.3. The number of carbonyl (C=O) groups excluding carboxylic acids is 2. The molecule has 1 amide bonds. The number of nitrogens with zero attached hydrogens (tertiary/aromatic N) is 5. The summed E-state index contributed by atoms with van der Waals surface area (Å²) >= 11 is 0. The second kappa shape index (κ2) is 9.40. The van der Waals surface area contributed by atoms with Gasteiger partial charge in [0.25, 0.3) is 5.91 Å². The lowest BCUT2D eigenvalue weighted by Gasteiger charge is -2.09. The number of aromatic nitrogens is 2. The van der Waals surface area contributed by atoms with E-state index >= 15 is 0 Å². The molecular weight excluding hydrogens is 384 g/mol. The van der Waals surface area contributed by atoms with Gasteiger partial charge in [0.05, 0.1) is 29.2 Å². The lowest BCUT2D eigenvalue weighted by Crippen LogP contribution is -2.22. The van der Waals surface area contributed by atoms with Crippen LogP contribution in [0.5, 0.6) is 0 Å². The van der Waals surface area contributed by atoms with Crippen molar-refractivity contribution in [2.45, 2.75) is 20.3 Å². The smallest absolute Gasteiger partial charge is 0.310 e. The summed E-state index contributed by atoms with van der Waals surface area (Å²) in [6.07, 6.45) is -0.105. The fourth-order valence-corrected chi connectivity index (χ4v) is 2.98. The second-order valence-electron chi connectivity index (χ2n) is 6.50. The third-order valence-corrected chi connectivity index (χ3v) is 4.40. The molecule has 0 saturated heterocycles. The lowest BCUT2D eigenvalue weighted by molar-refractivity contribution is -0.146. The Morgan fingerprint density at radius 2 is 1.83 bits per heavy atom. The fourth-order valence-electron chi connectivity index (χ4n) is 2.98. The number of hydrogen-bond donors (Lipinski definition) is 1. The molecule has 0 aliphatic heterocycles. The molecule has 0 unspecified atom stereocenters. The van der Waals surface area contributed by atoms with Gasteiger partial charge in [0.15, 0.2) is 6.61 Å². The van der Waals surface area contributed by atoms with Gasteiger partial charge in [-0.15, -0.1) is 0 Å². The number of azide groups is 1. The quantitative estimate of drug-likeness (QED) is 0.275. The van der Waals surface area contributed by atoms with Crippen molar-refractivity contribution in [1.82, 2.24) is 9.78 Å². The molecule has 0 radical (unpaired) electrons. The minimum absolute atomic E-state index is 0.105. The number of esters is 1. The number of aryl methyl sites for hydroxylation is 1. The molecule has 3 aromatic rings. The van der Waals surface area contributed by atoms with E-state index in [4.69, 9.17) is 10.3 Å². The van der Waals surface area contributed by atoms with Crippen molar-refractivity contribution < 1.29 is 14.3 Å². The first-order valence-electron chi connectivity index (χ1n) is 9.19. The van der Waals surface area contributed by atoms with Crippen LogP contribution in [0.15, 0.2) is 59.7 Å². The normalized spacial score (nSPS) is 10.2. The highest BCUT2D eigenvalue weighted by molar-refractivity contribution is 5.94. The maximum Gasteiger partial charge on any atom is 0.310 e. The number of hydrogen-bond acceptors (Lipinski definition) is 5. The van der Waals surface area contributed by atoms with E-state index < -0.39 is 18.5 Å². The van der Waals surface area contributed by atoms with Gasteiger partial charge < -0.3 is 10.1 Å². The van der Waals surface area contributed by atoms with Crippen molar-refractivity contribution >= 4 is 23.3 Å². The topological polar surface area (TPSA) is 122 Å². The number of carbonyl (C=O) groups is 2. The van der Waals surface area contributed by atoms with E-state index in [1.807, 2.05) is 37.3 Å². The first-order chi connectivity index (χ1) is 14.5. The minimum atomic E-state index is -0.598. The van der Waals surface area contributed by atoms with Gasteiger partial charge in [-0.25, -0.2) is 4.68 Å². The van der Waals surface area contributed by atoms with Crippen LogP contribution in [0.4, 0.5) is 11.4 Å². The van der Waals surface area contributed by atoms with Crippen LogP contribution in [-0.4, -0.2) is 28.3 Å². The largest absolute Gasteiger partial charge is 0.455 e. The number of anilines is 1. The Kier molecular flexibility index (Phi) is 6.46. The van der Waals surface area contributed by atoms with Crippen LogP contribution >= 0.6 is 0 Å². The molecule has 0 atom stereocenters. The Bertz CT molecular complexity index is 1120. The van der Waals surface area contributed by atoms with Crippen molar-refractivity contribution in [2.24, 2.45) is 5.11 Å². The number of para-hydroxylation sites is 1. The van der Waals surface area contributed by atoms with Gasteiger partial charge in [0.2, 0.25) is 0 Å². The number of benzene rings is 2. The Labute approximate surface area is 172 Å². The van der Waals surface area contributed by atoms with Crippen molar-refractivity contribution in [2.75, 3.05) is 11.9 Å². The van der Waals surface area contributed by atoms with E-state index in [1.165, 1.54) is 0 Å². The molecule has 0 spiro atoms. The molecule has 30 heavy (non-hydrogen) atoms. The SMILES string of the molecule is Cc1nn(-c2ccccc2)c(C)c1NC(=O)COC(=O)Cc1ccccc1N=[N+]=[N-]. The zero-order chi connectivity index (χ0) is 21.5. The predicted octanol–water partition coefficient (Wildman–Crippen LogP) is 4.16. The lowest BCUT2D eigenvalue weighted by atomic mass is 10.1. The minimum Gasteiger partial charge on any atom is -0.455 e. The molecule has 3 rings (SSSR count). The first-order valence-corrected chi connectivity index (χ1v) is 9.19. The molecule has 1 N–H and O–H groups in total. The molecule has 2 aromatic carbocycles. The summed E-state index contributed by atoms with van der Waals surface area (Å²) in [5, 5.41) is 10.8. The molecule has 0 aliphatic carbocycles. The van der Waals surface area contributed by atoms with Gasteiger partial charge in [0, 0.05) is 10.6 Å². The van der Waals surface area contributed by atoms with E-state index in [2.05, 4.69) is 20.4 Å². The van der Waals surface area contributed by atoms with Crippen LogP contribution in [-0.2, 0) is 20.7 Å².